The third-order valence-corrected chi connectivity index (χ3v) is 4.41. The highest BCUT2D eigenvalue weighted by Crippen LogP contribution is 2.34. The van der Waals surface area contributed by atoms with E-state index in [0.29, 0.717) is 0 Å². The zero-order valence-electron chi connectivity index (χ0n) is 11.1. The van der Waals surface area contributed by atoms with Gasteiger partial charge in [-0.2, -0.15) is 0 Å². The van der Waals surface area contributed by atoms with E-state index in [2.05, 4.69) is 33.2 Å². The van der Waals surface area contributed by atoms with Gasteiger partial charge >= 0.3 is 0 Å². The third kappa shape index (κ3) is 3.78. The van der Waals surface area contributed by atoms with Gasteiger partial charge < -0.3 is 10.1 Å². The topological polar surface area (TPSA) is 34.2 Å². The number of hydrogen-bond donors (Lipinski definition) is 1. The molecular formula is C14H17BrN2OS. The molecule has 0 atom stereocenters. The first-order valence-corrected chi connectivity index (χ1v) is 7.85. The molecule has 0 saturated heterocycles. The van der Waals surface area contributed by atoms with Crippen LogP contribution in [0.5, 0.6) is 5.75 Å². The fourth-order valence-electron chi connectivity index (χ4n) is 1.70. The van der Waals surface area contributed by atoms with E-state index in [9.17, 15) is 0 Å². The van der Waals surface area contributed by atoms with E-state index in [0.717, 1.165) is 40.3 Å². The Morgan fingerprint density at radius 1 is 1.42 bits per heavy atom. The monoisotopic (exact) mass is 340 g/mol. The SMILES string of the molecule is CCCNCc1cnc(-c2cc(OC)ccc2Br)s1. The van der Waals surface area contributed by atoms with Crippen LogP contribution in [0.4, 0.5) is 0 Å². The molecule has 0 fully saturated rings. The van der Waals surface area contributed by atoms with Crippen LogP contribution in [0.25, 0.3) is 10.6 Å². The number of rotatable bonds is 6. The van der Waals surface area contributed by atoms with Crippen molar-refractivity contribution in [2.45, 2.75) is 19.9 Å². The Morgan fingerprint density at radius 3 is 3.00 bits per heavy atom. The van der Waals surface area contributed by atoms with Crippen LogP contribution in [0, 0.1) is 0 Å². The summed E-state index contributed by atoms with van der Waals surface area (Å²) in [5, 5.41) is 4.40. The van der Waals surface area contributed by atoms with Crippen LogP contribution in [0.1, 0.15) is 18.2 Å². The first kappa shape index (κ1) is 14.5. The second-order valence-electron chi connectivity index (χ2n) is 4.15. The molecule has 2 rings (SSSR count). The van der Waals surface area contributed by atoms with Crippen LogP contribution in [-0.4, -0.2) is 18.6 Å². The Bertz CT molecular complexity index is 542. The highest BCUT2D eigenvalue weighted by molar-refractivity contribution is 9.10. The van der Waals surface area contributed by atoms with Crippen LogP contribution in [-0.2, 0) is 6.54 Å². The van der Waals surface area contributed by atoms with Gasteiger partial charge in [-0.1, -0.05) is 22.9 Å². The normalized spacial score (nSPS) is 10.7. The molecule has 0 unspecified atom stereocenters. The number of hydrogen-bond acceptors (Lipinski definition) is 4. The quantitative estimate of drug-likeness (QED) is 0.804. The number of aromatic nitrogens is 1. The van der Waals surface area contributed by atoms with Gasteiger partial charge in [-0.25, -0.2) is 4.98 Å². The van der Waals surface area contributed by atoms with Crippen molar-refractivity contribution in [3.63, 3.8) is 0 Å². The fourth-order valence-corrected chi connectivity index (χ4v) is 3.18. The molecule has 0 aliphatic carbocycles. The summed E-state index contributed by atoms with van der Waals surface area (Å²) in [6, 6.07) is 5.93. The van der Waals surface area contributed by atoms with Crippen molar-refractivity contribution < 1.29 is 4.74 Å². The van der Waals surface area contributed by atoms with Crippen molar-refractivity contribution in [1.82, 2.24) is 10.3 Å². The zero-order valence-corrected chi connectivity index (χ0v) is 13.5. The number of ether oxygens (including phenoxy) is 1. The molecule has 0 saturated carbocycles. The van der Waals surface area contributed by atoms with Gasteiger partial charge in [0.2, 0.25) is 0 Å². The number of benzene rings is 1. The summed E-state index contributed by atoms with van der Waals surface area (Å²) in [5.41, 5.74) is 1.08. The zero-order chi connectivity index (χ0) is 13.7. The molecule has 2 aromatic rings. The van der Waals surface area contributed by atoms with Crippen molar-refractivity contribution in [3.8, 4) is 16.3 Å². The Kier molecular flexibility index (Phi) is 5.36. The van der Waals surface area contributed by atoms with Gasteiger partial charge in [-0.05, 0) is 31.2 Å². The van der Waals surface area contributed by atoms with Crippen molar-refractivity contribution in [2.75, 3.05) is 13.7 Å². The largest absolute Gasteiger partial charge is 0.497 e. The predicted octanol–water partition coefficient (Wildman–Crippen LogP) is 4.08. The third-order valence-electron chi connectivity index (χ3n) is 2.68. The van der Waals surface area contributed by atoms with Gasteiger partial charge in [0.15, 0.2) is 0 Å². The summed E-state index contributed by atoms with van der Waals surface area (Å²) in [5.74, 6) is 0.846. The standard InChI is InChI=1S/C14H17BrN2OS/c1-3-6-16-8-11-9-17-14(19-11)12-7-10(18-2)4-5-13(12)15/h4-5,7,9,16H,3,6,8H2,1-2H3. The van der Waals surface area contributed by atoms with Gasteiger partial charge in [0, 0.05) is 27.7 Å². The fraction of sp³-hybridized carbons (Fsp3) is 0.357. The molecule has 0 radical (unpaired) electrons. The highest BCUT2D eigenvalue weighted by atomic mass is 79.9. The van der Waals surface area contributed by atoms with Crippen LogP contribution < -0.4 is 10.1 Å². The Hall–Kier alpha value is -0.910. The van der Waals surface area contributed by atoms with Crippen molar-refractivity contribution in [2.24, 2.45) is 0 Å². The Morgan fingerprint density at radius 2 is 2.26 bits per heavy atom. The molecule has 0 amide bonds. The van der Waals surface area contributed by atoms with Gasteiger partial charge in [0.1, 0.15) is 10.8 Å². The van der Waals surface area contributed by atoms with E-state index in [-0.39, 0.29) is 0 Å². The minimum atomic E-state index is 0.846. The Labute approximate surface area is 126 Å². The van der Waals surface area contributed by atoms with E-state index in [1.54, 1.807) is 18.4 Å². The predicted molar refractivity (Wildman–Crippen MR) is 83.8 cm³/mol. The lowest BCUT2D eigenvalue weighted by molar-refractivity contribution is 0.415. The number of methoxy groups -OCH3 is 1. The molecule has 5 heteroatoms. The number of thiazole rings is 1. The first-order valence-electron chi connectivity index (χ1n) is 6.24. The summed E-state index contributed by atoms with van der Waals surface area (Å²) in [6.07, 6.45) is 3.08. The molecule has 1 heterocycles. The molecule has 1 aromatic carbocycles. The van der Waals surface area contributed by atoms with E-state index >= 15 is 0 Å². The maximum Gasteiger partial charge on any atom is 0.124 e. The lowest BCUT2D eigenvalue weighted by Crippen LogP contribution is -2.12. The van der Waals surface area contributed by atoms with Crippen LogP contribution in [0.2, 0.25) is 0 Å². The van der Waals surface area contributed by atoms with E-state index in [1.165, 1.54) is 4.88 Å². The average Bonchev–Trinajstić information content (AvgIpc) is 2.88. The minimum Gasteiger partial charge on any atom is -0.497 e. The highest BCUT2D eigenvalue weighted by Gasteiger charge is 2.09. The van der Waals surface area contributed by atoms with E-state index in [1.807, 2.05) is 24.4 Å². The van der Waals surface area contributed by atoms with Crippen molar-refractivity contribution >= 4 is 27.3 Å². The van der Waals surface area contributed by atoms with Gasteiger partial charge in [0.05, 0.1) is 7.11 Å². The second-order valence-corrected chi connectivity index (χ2v) is 6.12. The lowest BCUT2D eigenvalue weighted by Gasteiger charge is -2.04. The number of nitrogens with zero attached hydrogens (tertiary/aromatic N) is 1. The molecule has 1 N–H and O–H groups in total. The second kappa shape index (κ2) is 7.03. The van der Waals surface area contributed by atoms with Gasteiger partial charge in [-0.15, -0.1) is 11.3 Å². The van der Waals surface area contributed by atoms with Crippen molar-refractivity contribution in [1.29, 1.82) is 0 Å². The molecular weight excluding hydrogens is 324 g/mol. The van der Waals surface area contributed by atoms with Gasteiger partial charge in [-0.3, -0.25) is 0 Å². The van der Waals surface area contributed by atoms with Gasteiger partial charge in [0.25, 0.3) is 0 Å². The molecule has 0 aliphatic heterocycles. The molecule has 0 spiro atoms. The van der Waals surface area contributed by atoms with Crippen LogP contribution in [0.15, 0.2) is 28.9 Å². The molecule has 102 valence electrons. The lowest BCUT2D eigenvalue weighted by atomic mass is 10.2. The molecule has 1 aromatic heterocycles. The molecule has 3 nitrogen and oxygen atoms in total. The van der Waals surface area contributed by atoms with Crippen LogP contribution >= 0.6 is 27.3 Å². The van der Waals surface area contributed by atoms with Crippen molar-refractivity contribution in [3.05, 3.63) is 33.7 Å². The first-order chi connectivity index (χ1) is 9.24. The summed E-state index contributed by atoms with van der Waals surface area (Å²) >= 11 is 5.28. The average molecular weight is 341 g/mol. The number of halogens is 1. The molecule has 0 aliphatic rings. The maximum absolute atomic E-state index is 5.26. The Balaban J connectivity index is 2.17. The number of nitrogens with one attached hydrogen (secondary N) is 1. The summed E-state index contributed by atoms with van der Waals surface area (Å²) in [6.45, 7) is 4.08. The van der Waals surface area contributed by atoms with E-state index in [4.69, 9.17) is 4.74 Å². The smallest absolute Gasteiger partial charge is 0.124 e. The van der Waals surface area contributed by atoms with Crippen LogP contribution in [0.3, 0.4) is 0 Å². The maximum atomic E-state index is 5.26. The molecule has 19 heavy (non-hydrogen) atoms. The summed E-state index contributed by atoms with van der Waals surface area (Å²) in [4.78, 5) is 5.74. The summed E-state index contributed by atoms with van der Waals surface area (Å²) in [7, 11) is 1.68. The minimum absolute atomic E-state index is 0.846. The molecule has 0 bridgehead atoms. The van der Waals surface area contributed by atoms with E-state index < -0.39 is 0 Å². The summed E-state index contributed by atoms with van der Waals surface area (Å²) < 4.78 is 6.30.